The van der Waals surface area contributed by atoms with Crippen LogP contribution in [0.25, 0.3) is 0 Å². The SMILES string of the molecule is CC1C(=O)C23CC1CCC2(O)C1(C)CCCC2(C)C(=O)OC(C21)C3O. The standard InChI is InChI=1S/C20H28O5/c1-10-11-5-8-20(24)18(3)7-4-6-17(2)13(18)12(25-16(17)23)15(22)19(20,9-11)14(10)21/h10-13,15,22,24H,4-9H2,1-3H3. The molecular weight excluding hydrogens is 320 g/mol. The lowest BCUT2D eigenvalue weighted by atomic mass is 9.38. The van der Waals surface area contributed by atoms with Gasteiger partial charge in [0.2, 0.25) is 0 Å². The summed E-state index contributed by atoms with van der Waals surface area (Å²) < 4.78 is 5.73. The van der Waals surface area contributed by atoms with Gasteiger partial charge in [0.15, 0.2) is 0 Å². The molecule has 1 saturated heterocycles. The molecule has 2 N–H and O–H groups in total. The highest BCUT2D eigenvalue weighted by Gasteiger charge is 2.83. The number of fused-ring (bicyclic) bond motifs is 2. The third-order valence-corrected chi connectivity index (χ3v) is 9.32. The van der Waals surface area contributed by atoms with Crippen LogP contribution in [0.3, 0.4) is 0 Å². The lowest BCUT2D eigenvalue weighted by molar-refractivity contribution is -0.294. The number of hydrogen-bond acceptors (Lipinski definition) is 5. The molecule has 1 aliphatic heterocycles. The first-order valence-electron chi connectivity index (χ1n) is 9.79. The maximum absolute atomic E-state index is 13.4. The predicted octanol–water partition coefficient (Wildman–Crippen LogP) is 1.84. The molecule has 0 aromatic heterocycles. The summed E-state index contributed by atoms with van der Waals surface area (Å²) in [6.07, 6.45) is 2.45. The summed E-state index contributed by atoms with van der Waals surface area (Å²) in [6.45, 7) is 5.91. The van der Waals surface area contributed by atoms with Gasteiger partial charge in [-0.25, -0.2) is 0 Å². The Balaban J connectivity index is 1.77. The van der Waals surface area contributed by atoms with E-state index in [2.05, 4.69) is 0 Å². The molecule has 0 amide bonds. The largest absolute Gasteiger partial charge is 0.459 e. The highest BCUT2D eigenvalue weighted by atomic mass is 16.6. The average Bonchev–Trinajstić information content (AvgIpc) is 2.96. The van der Waals surface area contributed by atoms with Crippen molar-refractivity contribution in [2.24, 2.45) is 34.0 Å². The molecule has 9 unspecified atom stereocenters. The highest BCUT2D eigenvalue weighted by molar-refractivity contribution is 5.93. The summed E-state index contributed by atoms with van der Waals surface area (Å²) in [4.78, 5) is 26.1. The molecule has 1 heterocycles. The summed E-state index contributed by atoms with van der Waals surface area (Å²) in [5, 5.41) is 23.4. The number of rotatable bonds is 0. The molecule has 25 heavy (non-hydrogen) atoms. The Bertz CT molecular complexity index is 690. The van der Waals surface area contributed by atoms with Crippen LogP contribution in [0.1, 0.15) is 59.3 Å². The van der Waals surface area contributed by atoms with Gasteiger partial charge in [0.1, 0.15) is 18.0 Å². The molecule has 1 spiro atoms. The van der Waals surface area contributed by atoms with Crippen molar-refractivity contribution in [2.75, 3.05) is 0 Å². The van der Waals surface area contributed by atoms with Crippen LogP contribution in [0.2, 0.25) is 0 Å². The first-order chi connectivity index (χ1) is 11.6. The molecule has 5 aliphatic rings. The van der Waals surface area contributed by atoms with E-state index in [1.807, 2.05) is 20.8 Å². The zero-order chi connectivity index (χ0) is 18.0. The minimum Gasteiger partial charge on any atom is -0.459 e. The van der Waals surface area contributed by atoms with E-state index in [0.29, 0.717) is 12.8 Å². The van der Waals surface area contributed by atoms with Gasteiger partial charge in [-0.15, -0.1) is 0 Å². The Morgan fingerprint density at radius 3 is 2.60 bits per heavy atom. The summed E-state index contributed by atoms with van der Waals surface area (Å²) in [5.74, 6) is -0.432. The second kappa shape index (κ2) is 4.30. The predicted molar refractivity (Wildman–Crippen MR) is 88.3 cm³/mol. The number of aliphatic hydroxyl groups excluding tert-OH is 1. The fraction of sp³-hybridized carbons (Fsp3) is 0.900. The molecule has 9 atom stereocenters. The van der Waals surface area contributed by atoms with Crippen molar-refractivity contribution in [3.8, 4) is 0 Å². The molecule has 138 valence electrons. The minimum absolute atomic E-state index is 0.0140. The van der Waals surface area contributed by atoms with E-state index in [0.717, 1.165) is 25.7 Å². The molecule has 5 heteroatoms. The van der Waals surface area contributed by atoms with Crippen molar-refractivity contribution in [1.29, 1.82) is 0 Å². The zero-order valence-electron chi connectivity index (χ0n) is 15.2. The van der Waals surface area contributed by atoms with E-state index in [9.17, 15) is 19.8 Å². The second-order valence-corrected chi connectivity index (χ2v) is 9.97. The summed E-state index contributed by atoms with van der Waals surface area (Å²) in [5.41, 5.74) is -3.68. The van der Waals surface area contributed by atoms with E-state index in [4.69, 9.17) is 4.74 Å². The average molecular weight is 348 g/mol. The number of carbonyl (C=O) groups excluding carboxylic acids is 2. The number of ketones is 1. The Kier molecular flexibility index (Phi) is 2.80. The van der Waals surface area contributed by atoms with Crippen LogP contribution >= 0.6 is 0 Å². The smallest absolute Gasteiger partial charge is 0.312 e. The van der Waals surface area contributed by atoms with Gasteiger partial charge in [0, 0.05) is 17.3 Å². The molecule has 4 aliphatic carbocycles. The first kappa shape index (κ1) is 16.2. The van der Waals surface area contributed by atoms with E-state index in [-0.39, 0.29) is 29.5 Å². The van der Waals surface area contributed by atoms with Crippen LogP contribution in [0, 0.1) is 34.0 Å². The normalized spacial score (nSPS) is 62.4. The monoisotopic (exact) mass is 348 g/mol. The van der Waals surface area contributed by atoms with Crippen molar-refractivity contribution >= 4 is 11.8 Å². The Hall–Kier alpha value is -0.940. The molecule has 5 nitrogen and oxygen atoms in total. The zero-order valence-corrected chi connectivity index (χ0v) is 15.2. The third kappa shape index (κ3) is 1.38. The number of carbonyl (C=O) groups is 2. The van der Waals surface area contributed by atoms with Crippen LogP contribution in [-0.4, -0.2) is 39.8 Å². The quantitative estimate of drug-likeness (QED) is 0.653. The second-order valence-electron chi connectivity index (χ2n) is 9.97. The van der Waals surface area contributed by atoms with E-state index < -0.39 is 34.1 Å². The number of Topliss-reactive ketones (excluding diaryl/α,β-unsaturated/α-hetero) is 1. The van der Waals surface area contributed by atoms with Crippen molar-refractivity contribution in [2.45, 2.75) is 77.1 Å². The van der Waals surface area contributed by atoms with Crippen LogP contribution in [0.15, 0.2) is 0 Å². The summed E-state index contributed by atoms with van der Waals surface area (Å²) in [6, 6.07) is 0. The maximum Gasteiger partial charge on any atom is 0.312 e. The topological polar surface area (TPSA) is 83.8 Å². The van der Waals surface area contributed by atoms with E-state index in [1.165, 1.54) is 0 Å². The van der Waals surface area contributed by atoms with Gasteiger partial charge in [-0.2, -0.15) is 0 Å². The molecule has 0 radical (unpaired) electrons. The lowest BCUT2D eigenvalue weighted by Gasteiger charge is -2.67. The Labute approximate surface area is 148 Å². The molecule has 2 bridgehead atoms. The number of esters is 1. The summed E-state index contributed by atoms with van der Waals surface area (Å²) in [7, 11) is 0. The Morgan fingerprint density at radius 1 is 1.16 bits per heavy atom. The number of aliphatic hydroxyl groups is 2. The minimum atomic E-state index is -1.26. The van der Waals surface area contributed by atoms with Crippen molar-refractivity contribution in [3.05, 3.63) is 0 Å². The lowest BCUT2D eigenvalue weighted by Crippen LogP contribution is -2.76. The van der Waals surface area contributed by atoms with Crippen LogP contribution in [-0.2, 0) is 14.3 Å². The van der Waals surface area contributed by atoms with Gasteiger partial charge in [-0.05, 0) is 44.9 Å². The maximum atomic E-state index is 13.4. The molecular formula is C20H28O5. The van der Waals surface area contributed by atoms with Crippen molar-refractivity contribution in [3.63, 3.8) is 0 Å². The first-order valence-corrected chi connectivity index (χ1v) is 9.79. The number of ether oxygens (including phenoxy) is 1. The van der Waals surface area contributed by atoms with E-state index >= 15 is 0 Å². The van der Waals surface area contributed by atoms with Gasteiger partial charge in [0.25, 0.3) is 0 Å². The van der Waals surface area contributed by atoms with Crippen molar-refractivity contribution < 1.29 is 24.5 Å². The molecule has 5 fully saturated rings. The van der Waals surface area contributed by atoms with Crippen LogP contribution in [0.4, 0.5) is 0 Å². The van der Waals surface area contributed by atoms with Gasteiger partial charge >= 0.3 is 5.97 Å². The van der Waals surface area contributed by atoms with Crippen LogP contribution < -0.4 is 0 Å². The fourth-order valence-electron chi connectivity index (χ4n) is 8.07. The van der Waals surface area contributed by atoms with E-state index in [1.54, 1.807) is 0 Å². The van der Waals surface area contributed by atoms with Gasteiger partial charge in [0.05, 0.1) is 16.4 Å². The molecule has 0 aromatic rings. The van der Waals surface area contributed by atoms with Crippen molar-refractivity contribution in [1.82, 2.24) is 0 Å². The molecule has 5 rings (SSSR count). The van der Waals surface area contributed by atoms with Gasteiger partial charge in [-0.3, -0.25) is 9.59 Å². The fourth-order valence-corrected chi connectivity index (χ4v) is 8.07. The highest BCUT2D eigenvalue weighted by Crippen LogP contribution is 2.74. The van der Waals surface area contributed by atoms with Gasteiger partial charge in [-0.1, -0.05) is 20.3 Å². The third-order valence-electron chi connectivity index (χ3n) is 9.32. The summed E-state index contributed by atoms with van der Waals surface area (Å²) >= 11 is 0. The number of hydrogen-bond donors (Lipinski definition) is 2. The molecule has 0 aromatic carbocycles. The Morgan fingerprint density at radius 2 is 1.88 bits per heavy atom. The van der Waals surface area contributed by atoms with Crippen LogP contribution in [0.5, 0.6) is 0 Å². The van der Waals surface area contributed by atoms with Gasteiger partial charge < -0.3 is 14.9 Å². The molecule has 4 saturated carbocycles.